The van der Waals surface area contributed by atoms with Gasteiger partial charge in [0, 0.05) is 49.9 Å². The fraction of sp³-hybridized carbons (Fsp3) is 0.556. The van der Waals surface area contributed by atoms with Crippen LogP contribution in [-0.4, -0.2) is 42.9 Å². The topological polar surface area (TPSA) is 52.7 Å². The standard InChI is InChI=1S/C18H27N3O2/c1-4-5-17(22)19-15-6-8-16(9-7-15)20-10-12-21(13-11-20)18(23)14(2)3/h6-9,14H,4-5,10-13H2,1-3H3,(H,19,22). The monoisotopic (exact) mass is 317 g/mol. The predicted molar refractivity (Wildman–Crippen MR) is 93.6 cm³/mol. The van der Waals surface area contributed by atoms with Crippen LogP contribution >= 0.6 is 0 Å². The molecule has 1 aromatic carbocycles. The number of benzene rings is 1. The maximum Gasteiger partial charge on any atom is 0.225 e. The van der Waals surface area contributed by atoms with E-state index in [1.807, 2.05) is 49.9 Å². The van der Waals surface area contributed by atoms with Gasteiger partial charge >= 0.3 is 0 Å². The molecule has 0 radical (unpaired) electrons. The summed E-state index contributed by atoms with van der Waals surface area (Å²) < 4.78 is 0. The summed E-state index contributed by atoms with van der Waals surface area (Å²) in [5, 5.41) is 2.90. The molecule has 5 heteroatoms. The zero-order valence-electron chi connectivity index (χ0n) is 14.3. The van der Waals surface area contributed by atoms with Crippen LogP contribution in [0.3, 0.4) is 0 Å². The molecule has 1 fully saturated rings. The van der Waals surface area contributed by atoms with Gasteiger partial charge in [-0.05, 0) is 30.7 Å². The average molecular weight is 317 g/mol. The van der Waals surface area contributed by atoms with Gasteiger partial charge in [0.05, 0.1) is 0 Å². The van der Waals surface area contributed by atoms with Crippen molar-refractivity contribution in [3.63, 3.8) is 0 Å². The molecule has 2 rings (SSSR count). The molecule has 1 aliphatic heterocycles. The molecule has 1 aliphatic rings. The molecule has 2 amide bonds. The summed E-state index contributed by atoms with van der Waals surface area (Å²) >= 11 is 0. The molecule has 0 aliphatic carbocycles. The highest BCUT2D eigenvalue weighted by atomic mass is 16.2. The van der Waals surface area contributed by atoms with E-state index in [4.69, 9.17) is 0 Å². The van der Waals surface area contributed by atoms with Gasteiger partial charge in [0.25, 0.3) is 0 Å². The van der Waals surface area contributed by atoms with Gasteiger partial charge < -0.3 is 15.1 Å². The molecule has 0 unspecified atom stereocenters. The van der Waals surface area contributed by atoms with Crippen LogP contribution in [0.1, 0.15) is 33.6 Å². The van der Waals surface area contributed by atoms with Crippen molar-refractivity contribution in [2.45, 2.75) is 33.6 Å². The first-order chi connectivity index (χ1) is 11.0. The molecule has 23 heavy (non-hydrogen) atoms. The largest absolute Gasteiger partial charge is 0.368 e. The van der Waals surface area contributed by atoms with Crippen molar-refractivity contribution in [1.82, 2.24) is 4.90 Å². The number of nitrogens with one attached hydrogen (secondary N) is 1. The van der Waals surface area contributed by atoms with Crippen LogP contribution in [-0.2, 0) is 9.59 Å². The van der Waals surface area contributed by atoms with E-state index < -0.39 is 0 Å². The van der Waals surface area contributed by atoms with Gasteiger partial charge in [-0.2, -0.15) is 0 Å². The lowest BCUT2D eigenvalue weighted by molar-refractivity contribution is -0.134. The lowest BCUT2D eigenvalue weighted by Gasteiger charge is -2.37. The number of piperazine rings is 1. The molecule has 1 heterocycles. The number of carbonyl (C=O) groups is 2. The highest BCUT2D eigenvalue weighted by molar-refractivity contribution is 5.90. The molecule has 1 N–H and O–H groups in total. The summed E-state index contributed by atoms with van der Waals surface area (Å²) in [6.45, 7) is 9.12. The normalized spacial score (nSPS) is 15.0. The third-order valence-corrected chi connectivity index (χ3v) is 4.08. The van der Waals surface area contributed by atoms with Crippen molar-refractivity contribution in [3.8, 4) is 0 Å². The summed E-state index contributed by atoms with van der Waals surface area (Å²) in [6, 6.07) is 7.94. The maximum atomic E-state index is 12.0. The summed E-state index contributed by atoms with van der Waals surface area (Å²) in [7, 11) is 0. The van der Waals surface area contributed by atoms with Gasteiger partial charge in [-0.1, -0.05) is 20.8 Å². The molecule has 1 saturated heterocycles. The van der Waals surface area contributed by atoms with Crippen molar-refractivity contribution < 1.29 is 9.59 Å². The van der Waals surface area contributed by atoms with Gasteiger partial charge in [-0.3, -0.25) is 9.59 Å². The van der Waals surface area contributed by atoms with Gasteiger partial charge in [-0.15, -0.1) is 0 Å². The van der Waals surface area contributed by atoms with Gasteiger partial charge in [-0.25, -0.2) is 0 Å². The highest BCUT2D eigenvalue weighted by Gasteiger charge is 2.22. The molecule has 126 valence electrons. The fourth-order valence-electron chi connectivity index (χ4n) is 2.76. The molecule has 0 saturated carbocycles. The molecule has 5 nitrogen and oxygen atoms in total. The first-order valence-corrected chi connectivity index (χ1v) is 8.45. The van der Waals surface area contributed by atoms with Crippen LogP contribution in [0, 0.1) is 5.92 Å². The Balaban J connectivity index is 1.89. The van der Waals surface area contributed by atoms with E-state index in [9.17, 15) is 9.59 Å². The Morgan fingerprint density at radius 2 is 1.70 bits per heavy atom. The average Bonchev–Trinajstić information content (AvgIpc) is 2.55. The second kappa shape index (κ2) is 7.99. The van der Waals surface area contributed by atoms with Crippen LogP contribution in [0.4, 0.5) is 11.4 Å². The number of anilines is 2. The fourth-order valence-corrected chi connectivity index (χ4v) is 2.76. The minimum Gasteiger partial charge on any atom is -0.368 e. The lowest BCUT2D eigenvalue weighted by Crippen LogP contribution is -2.49. The van der Waals surface area contributed by atoms with E-state index in [2.05, 4.69) is 10.2 Å². The number of hydrogen-bond donors (Lipinski definition) is 1. The van der Waals surface area contributed by atoms with Crippen LogP contribution in [0.5, 0.6) is 0 Å². The Labute approximate surface area is 138 Å². The summed E-state index contributed by atoms with van der Waals surface area (Å²) in [6.07, 6.45) is 1.40. The molecule has 0 spiro atoms. The van der Waals surface area contributed by atoms with E-state index in [0.717, 1.165) is 44.0 Å². The zero-order chi connectivity index (χ0) is 16.8. The minimum atomic E-state index is 0.0565. The van der Waals surface area contributed by atoms with E-state index in [-0.39, 0.29) is 17.7 Å². The number of rotatable bonds is 5. The lowest BCUT2D eigenvalue weighted by atomic mass is 10.1. The minimum absolute atomic E-state index is 0.0565. The smallest absolute Gasteiger partial charge is 0.225 e. The van der Waals surface area contributed by atoms with E-state index in [1.165, 1.54) is 0 Å². The summed E-state index contributed by atoms with van der Waals surface area (Å²) in [5.41, 5.74) is 1.97. The van der Waals surface area contributed by atoms with Crippen LogP contribution in [0.2, 0.25) is 0 Å². The molecule has 0 bridgehead atoms. The second-order valence-electron chi connectivity index (χ2n) is 6.31. The van der Waals surface area contributed by atoms with Crippen LogP contribution in [0.25, 0.3) is 0 Å². The van der Waals surface area contributed by atoms with E-state index in [0.29, 0.717) is 6.42 Å². The van der Waals surface area contributed by atoms with Crippen LogP contribution < -0.4 is 10.2 Å². The maximum absolute atomic E-state index is 12.0. The number of hydrogen-bond acceptors (Lipinski definition) is 3. The first-order valence-electron chi connectivity index (χ1n) is 8.45. The highest BCUT2D eigenvalue weighted by Crippen LogP contribution is 2.20. The van der Waals surface area contributed by atoms with Gasteiger partial charge in [0.2, 0.25) is 11.8 Å². The Morgan fingerprint density at radius 1 is 1.09 bits per heavy atom. The van der Waals surface area contributed by atoms with Crippen molar-refractivity contribution in [2.75, 3.05) is 36.4 Å². The van der Waals surface area contributed by atoms with Crippen molar-refractivity contribution >= 4 is 23.2 Å². The van der Waals surface area contributed by atoms with Crippen molar-refractivity contribution in [2.24, 2.45) is 5.92 Å². The molecule has 0 aromatic heterocycles. The van der Waals surface area contributed by atoms with Crippen molar-refractivity contribution in [1.29, 1.82) is 0 Å². The van der Waals surface area contributed by atoms with Gasteiger partial charge in [0.1, 0.15) is 0 Å². The predicted octanol–water partition coefficient (Wildman–Crippen LogP) is 2.73. The number of carbonyl (C=O) groups excluding carboxylic acids is 2. The van der Waals surface area contributed by atoms with E-state index in [1.54, 1.807) is 0 Å². The first kappa shape index (κ1) is 17.3. The molecule has 1 aromatic rings. The Kier molecular flexibility index (Phi) is 6.02. The molecule has 0 atom stereocenters. The quantitative estimate of drug-likeness (QED) is 0.908. The molecular formula is C18H27N3O2. The third kappa shape index (κ3) is 4.71. The van der Waals surface area contributed by atoms with Gasteiger partial charge in [0.15, 0.2) is 0 Å². The summed E-state index contributed by atoms with van der Waals surface area (Å²) in [4.78, 5) is 27.8. The summed E-state index contributed by atoms with van der Waals surface area (Å²) in [5.74, 6) is 0.354. The second-order valence-corrected chi connectivity index (χ2v) is 6.31. The van der Waals surface area contributed by atoms with E-state index >= 15 is 0 Å². The Morgan fingerprint density at radius 3 is 2.22 bits per heavy atom. The number of nitrogens with zero attached hydrogens (tertiary/aromatic N) is 2. The number of amides is 2. The zero-order valence-corrected chi connectivity index (χ0v) is 14.3. The Bertz CT molecular complexity index is 532. The third-order valence-electron chi connectivity index (χ3n) is 4.08. The van der Waals surface area contributed by atoms with Crippen LogP contribution in [0.15, 0.2) is 24.3 Å². The SMILES string of the molecule is CCCC(=O)Nc1ccc(N2CCN(C(=O)C(C)C)CC2)cc1. The Hall–Kier alpha value is -2.04. The molecular weight excluding hydrogens is 290 g/mol. The van der Waals surface area contributed by atoms with Crippen molar-refractivity contribution in [3.05, 3.63) is 24.3 Å².